The van der Waals surface area contributed by atoms with Crippen molar-refractivity contribution in [2.45, 2.75) is 13.5 Å². The molecule has 1 heterocycles. The summed E-state index contributed by atoms with van der Waals surface area (Å²) in [4.78, 5) is 21.2. The Morgan fingerprint density at radius 2 is 1.95 bits per heavy atom. The lowest BCUT2D eigenvalue weighted by molar-refractivity contribution is 0.0690. The van der Waals surface area contributed by atoms with Gasteiger partial charge >= 0.3 is 5.97 Å². The summed E-state index contributed by atoms with van der Waals surface area (Å²) < 4.78 is 1.02. The van der Waals surface area contributed by atoms with Crippen molar-refractivity contribution >= 4 is 27.8 Å². The number of hydrogen-bond donors (Lipinski definition) is 1. The van der Waals surface area contributed by atoms with E-state index in [9.17, 15) is 4.79 Å². The van der Waals surface area contributed by atoms with Crippen molar-refractivity contribution in [2.24, 2.45) is 0 Å². The van der Waals surface area contributed by atoms with Gasteiger partial charge in [0.1, 0.15) is 0 Å². The van der Waals surface area contributed by atoms with Gasteiger partial charge in [-0.25, -0.2) is 14.8 Å². The smallest absolute Gasteiger partial charge is 0.354 e. The molecule has 2 aromatic rings. The standard InChI is InChI=1S/C14H14BrN3O2/c1-9-7-12(13(19)20)17-14(16-9)18(2)8-10-3-5-11(15)6-4-10/h3-7H,8H2,1-2H3,(H,19,20). The van der Waals surface area contributed by atoms with Gasteiger partial charge in [-0.3, -0.25) is 0 Å². The molecular weight excluding hydrogens is 322 g/mol. The van der Waals surface area contributed by atoms with Crippen LogP contribution in [0.3, 0.4) is 0 Å². The second-order valence-electron chi connectivity index (χ2n) is 4.48. The Bertz CT molecular complexity index is 629. The number of aryl methyl sites for hydroxylation is 1. The third-order valence-corrected chi connectivity index (χ3v) is 3.26. The topological polar surface area (TPSA) is 66.3 Å². The van der Waals surface area contributed by atoms with E-state index in [4.69, 9.17) is 5.11 Å². The van der Waals surface area contributed by atoms with Gasteiger partial charge in [0.25, 0.3) is 0 Å². The molecule has 0 spiro atoms. The van der Waals surface area contributed by atoms with E-state index in [0.717, 1.165) is 10.0 Å². The number of carboxylic acids is 1. The molecule has 0 bridgehead atoms. The molecule has 0 radical (unpaired) electrons. The first kappa shape index (κ1) is 14.5. The minimum absolute atomic E-state index is 0.00940. The molecule has 1 N–H and O–H groups in total. The van der Waals surface area contributed by atoms with E-state index in [-0.39, 0.29) is 5.69 Å². The Labute approximate surface area is 125 Å². The van der Waals surface area contributed by atoms with Gasteiger partial charge in [-0.05, 0) is 30.7 Å². The fourth-order valence-electron chi connectivity index (χ4n) is 1.77. The molecule has 5 nitrogen and oxygen atoms in total. The molecule has 6 heteroatoms. The van der Waals surface area contributed by atoms with Gasteiger partial charge in [0.15, 0.2) is 5.69 Å². The maximum atomic E-state index is 11.0. The van der Waals surface area contributed by atoms with Crippen LogP contribution in [0.5, 0.6) is 0 Å². The number of halogens is 1. The first-order valence-corrected chi connectivity index (χ1v) is 6.79. The summed E-state index contributed by atoms with van der Waals surface area (Å²) in [5, 5.41) is 9.02. The number of hydrogen-bond acceptors (Lipinski definition) is 4. The first-order chi connectivity index (χ1) is 9.45. The minimum atomic E-state index is -1.05. The molecule has 0 aliphatic heterocycles. The number of carboxylic acid groups (broad SMARTS) is 1. The number of benzene rings is 1. The molecule has 104 valence electrons. The van der Waals surface area contributed by atoms with Crippen LogP contribution in [-0.2, 0) is 6.54 Å². The Balaban J connectivity index is 2.22. The average Bonchev–Trinajstić information content (AvgIpc) is 2.40. The molecule has 1 aromatic carbocycles. The zero-order chi connectivity index (χ0) is 14.7. The summed E-state index contributed by atoms with van der Waals surface area (Å²) in [6.07, 6.45) is 0. The summed E-state index contributed by atoms with van der Waals surface area (Å²) in [7, 11) is 1.84. The van der Waals surface area contributed by atoms with Crippen molar-refractivity contribution < 1.29 is 9.90 Å². The summed E-state index contributed by atoms with van der Waals surface area (Å²) in [5.74, 6) is -0.640. The molecular formula is C14H14BrN3O2. The Morgan fingerprint density at radius 1 is 1.30 bits per heavy atom. The highest BCUT2D eigenvalue weighted by molar-refractivity contribution is 9.10. The van der Waals surface area contributed by atoms with E-state index in [1.807, 2.05) is 36.2 Å². The van der Waals surface area contributed by atoms with Crippen LogP contribution in [0, 0.1) is 6.92 Å². The fraction of sp³-hybridized carbons (Fsp3) is 0.214. The summed E-state index contributed by atoms with van der Waals surface area (Å²) in [5.41, 5.74) is 1.74. The molecule has 0 atom stereocenters. The van der Waals surface area contributed by atoms with E-state index in [0.29, 0.717) is 18.2 Å². The van der Waals surface area contributed by atoms with E-state index in [1.165, 1.54) is 6.07 Å². The highest BCUT2D eigenvalue weighted by Crippen LogP contribution is 2.15. The van der Waals surface area contributed by atoms with Gasteiger partial charge in [-0.1, -0.05) is 28.1 Å². The van der Waals surface area contributed by atoms with Crippen molar-refractivity contribution in [3.63, 3.8) is 0 Å². The normalized spacial score (nSPS) is 10.3. The molecule has 0 saturated carbocycles. The third kappa shape index (κ3) is 3.54. The maximum Gasteiger partial charge on any atom is 0.354 e. The van der Waals surface area contributed by atoms with E-state index >= 15 is 0 Å². The van der Waals surface area contributed by atoms with Crippen LogP contribution in [0.4, 0.5) is 5.95 Å². The highest BCUT2D eigenvalue weighted by Gasteiger charge is 2.12. The first-order valence-electron chi connectivity index (χ1n) is 6.00. The van der Waals surface area contributed by atoms with Gasteiger partial charge in [0, 0.05) is 23.8 Å². The molecule has 1 aromatic heterocycles. The predicted octanol–water partition coefficient (Wildman–Crippen LogP) is 2.88. The zero-order valence-electron chi connectivity index (χ0n) is 11.2. The van der Waals surface area contributed by atoms with Crippen LogP contribution in [-0.4, -0.2) is 28.1 Å². The number of anilines is 1. The van der Waals surface area contributed by atoms with Crippen molar-refractivity contribution in [3.8, 4) is 0 Å². The number of nitrogens with zero attached hydrogens (tertiary/aromatic N) is 3. The van der Waals surface area contributed by atoms with Crippen LogP contribution in [0.2, 0.25) is 0 Å². The second kappa shape index (κ2) is 6.00. The lowest BCUT2D eigenvalue weighted by Gasteiger charge is -2.17. The summed E-state index contributed by atoms with van der Waals surface area (Å²) in [6, 6.07) is 9.37. The lowest BCUT2D eigenvalue weighted by Crippen LogP contribution is -2.20. The maximum absolute atomic E-state index is 11.0. The van der Waals surface area contributed by atoms with Gasteiger partial charge in [-0.15, -0.1) is 0 Å². The highest BCUT2D eigenvalue weighted by atomic mass is 79.9. The van der Waals surface area contributed by atoms with Gasteiger partial charge < -0.3 is 10.0 Å². The van der Waals surface area contributed by atoms with Crippen molar-refractivity contribution in [1.29, 1.82) is 0 Å². The SMILES string of the molecule is Cc1cc(C(=O)O)nc(N(C)Cc2ccc(Br)cc2)n1. The quantitative estimate of drug-likeness (QED) is 0.930. The van der Waals surface area contributed by atoms with Crippen LogP contribution in [0.25, 0.3) is 0 Å². The van der Waals surface area contributed by atoms with Gasteiger partial charge in [0.05, 0.1) is 0 Å². The third-order valence-electron chi connectivity index (χ3n) is 2.74. The zero-order valence-corrected chi connectivity index (χ0v) is 12.8. The summed E-state index contributed by atoms with van der Waals surface area (Å²) in [6.45, 7) is 2.36. The monoisotopic (exact) mass is 335 g/mol. The lowest BCUT2D eigenvalue weighted by atomic mass is 10.2. The Morgan fingerprint density at radius 3 is 2.55 bits per heavy atom. The van der Waals surface area contributed by atoms with Crippen molar-refractivity contribution in [2.75, 3.05) is 11.9 Å². The Kier molecular flexibility index (Phi) is 4.34. The number of rotatable bonds is 4. The van der Waals surface area contributed by atoms with Crippen LogP contribution in [0.1, 0.15) is 21.7 Å². The van der Waals surface area contributed by atoms with Crippen molar-refractivity contribution in [3.05, 3.63) is 51.8 Å². The van der Waals surface area contributed by atoms with E-state index in [1.54, 1.807) is 6.92 Å². The van der Waals surface area contributed by atoms with Crippen LogP contribution < -0.4 is 4.90 Å². The predicted molar refractivity (Wildman–Crippen MR) is 80.0 cm³/mol. The minimum Gasteiger partial charge on any atom is -0.477 e. The number of aromatic carboxylic acids is 1. The van der Waals surface area contributed by atoms with Crippen LogP contribution in [0.15, 0.2) is 34.8 Å². The largest absolute Gasteiger partial charge is 0.477 e. The van der Waals surface area contributed by atoms with Crippen LogP contribution >= 0.6 is 15.9 Å². The molecule has 2 rings (SSSR count). The molecule has 0 unspecified atom stereocenters. The molecule has 0 amide bonds. The molecule has 0 aliphatic rings. The Hall–Kier alpha value is -1.95. The van der Waals surface area contributed by atoms with E-state index < -0.39 is 5.97 Å². The van der Waals surface area contributed by atoms with E-state index in [2.05, 4.69) is 25.9 Å². The van der Waals surface area contributed by atoms with Gasteiger partial charge in [0.2, 0.25) is 5.95 Å². The average molecular weight is 336 g/mol. The molecule has 0 fully saturated rings. The van der Waals surface area contributed by atoms with Gasteiger partial charge in [-0.2, -0.15) is 0 Å². The molecule has 20 heavy (non-hydrogen) atoms. The number of aromatic nitrogens is 2. The molecule has 0 aliphatic carbocycles. The number of carbonyl (C=O) groups is 1. The fourth-order valence-corrected chi connectivity index (χ4v) is 2.03. The van der Waals surface area contributed by atoms with Crippen molar-refractivity contribution in [1.82, 2.24) is 9.97 Å². The summed E-state index contributed by atoms with van der Waals surface area (Å²) >= 11 is 3.39. The molecule has 0 saturated heterocycles. The second-order valence-corrected chi connectivity index (χ2v) is 5.40.